The number of hydrogen-bond donors (Lipinski definition) is 2. The molecule has 0 radical (unpaired) electrons. The molecule has 14 heteroatoms. The molecule has 0 unspecified atom stereocenters. The van der Waals surface area contributed by atoms with E-state index in [4.69, 9.17) is 4.74 Å². The molecular weight excluding hydrogens is 529 g/mol. The van der Waals surface area contributed by atoms with Crippen molar-refractivity contribution in [2.24, 2.45) is 0 Å². The van der Waals surface area contributed by atoms with Gasteiger partial charge in [-0.25, -0.2) is 14.8 Å². The van der Waals surface area contributed by atoms with Gasteiger partial charge in [0.15, 0.2) is 0 Å². The average molecular weight is 555 g/mol. The van der Waals surface area contributed by atoms with Crippen LogP contribution in [0.15, 0.2) is 67.8 Å². The van der Waals surface area contributed by atoms with E-state index in [2.05, 4.69) is 37.4 Å². The zero-order valence-electron chi connectivity index (χ0n) is 21.7. The zero-order chi connectivity index (χ0) is 29.1. The lowest BCUT2D eigenvalue weighted by atomic mass is 10.2. The molecular formula is C26H25F3N8O3. The largest absolute Gasteiger partial charge is 0.442 e. The van der Waals surface area contributed by atoms with Gasteiger partial charge in [0.1, 0.15) is 22.6 Å². The Kier molecular flexibility index (Phi) is 7.70. The van der Waals surface area contributed by atoms with Gasteiger partial charge in [-0.05, 0) is 50.6 Å². The quantitative estimate of drug-likeness (QED) is 0.296. The molecule has 0 aliphatic rings. The van der Waals surface area contributed by atoms with Gasteiger partial charge in [0.05, 0.1) is 18.4 Å². The van der Waals surface area contributed by atoms with Gasteiger partial charge in [0.25, 0.3) is 0 Å². The number of rotatable bonds is 7. The van der Waals surface area contributed by atoms with Crippen LogP contribution in [0.4, 0.5) is 35.3 Å². The van der Waals surface area contributed by atoms with Gasteiger partial charge in [0, 0.05) is 24.3 Å². The van der Waals surface area contributed by atoms with Crippen LogP contribution in [0.1, 0.15) is 31.9 Å². The minimum absolute atomic E-state index is 0.128. The summed E-state index contributed by atoms with van der Waals surface area (Å²) in [5, 5.41) is 13.7. The van der Waals surface area contributed by atoms with Gasteiger partial charge in [0.2, 0.25) is 11.9 Å². The highest BCUT2D eigenvalue weighted by atomic mass is 19.4. The first-order chi connectivity index (χ1) is 18.8. The molecule has 11 nitrogen and oxygen atoms in total. The third-order valence-corrected chi connectivity index (χ3v) is 5.15. The summed E-state index contributed by atoms with van der Waals surface area (Å²) in [6, 6.07) is 8.34. The molecule has 0 aliphatic carbocycles. The molecule has 3 heterocycles. The van der Waals surface area contributed by atoms with E-state index in [9.17, 15) is 22.8 Å². The molecule has 0 atom stereocenters. The summed E-state index contributed by atoms with van der Waals surface area (Å²) in [5.41, 5.74) is -0.697. The highest BCUT2D eigenvalue weighted by Crippen LogP contribution is 2.35. The average Bonchev–Trinajstić information content (AvgIpc) is 3.53. The molecule has 0 spiro atoms. The number of ether oxygens (including phenoxy) is 1. The van der Waals surface area contributed by atoms with Crippen molar-refractivity contribution in [3.63, 3.8) is 0 Å². The van der Waals surface area contributed by atoms with E-state index in [1.54, 1.807) is 43.8 Å². The molecule has 208 valence electrons. The fourth-order valence-corrected chi connectivity index (χ4v) is 3.42. The number of carbonyl (C=O) groups is 2. The van der Waals surface area contributed by atoms with E-state index in [-0.39, 0.29) is 17.5 Å². The molecule has 4 aromatic rings. The van der Waals surface area contributed by atoms with Gasteiger partial charge in [-0.1, -0.05) is 18.7 Å². The summed E-state index contributed by atoms with van der Waals surface area (Å²) in [6.07, 6.45) is 0.507. The molecule has 0 fully saturated rings. The monoisotopic (exact) mass is 554 g/mol. The second kappa shape index (κ2) is 11.0. The molecule has 1 amide bonds. The highest BCUT2D eigenvalue weighted by Gasteiger charge is 2.36. The fraction of sp³-hybridized carbons (Fsp3) is 0.231. The van der Waals surface area contributed by atoms with Crippen molar-refractivity contribution in [2.75, 3.05) is 10.6 Å². The lowest BCUT2D eigenvalue weighted by molar-refractivity contribution is -0.137. The van der Waals surface area contributed by atoms with E-state index in [0.717, 1.165) is 10.2 Å². The number of alkyl halides is 3. The molecule has 0 saturated heterocycles. The maximum absolute atomic E-state index is 13.7. The Hall–Kier alpha value is -5.01. The Labute approximate surface area is 226 Å². The Balaban J connectivity index is 1.52. The maximum atomic E-state index is 13.7. The van der Waals surface area contributed by atoms with Gasteiger partial charge in [-0.3, -0.25) is 9.48 Å². The standard InChI is InChI=1S/C26H25F3N8O3/c1-5-21(38)32-17-8-6-16(7-9-17)14-36-15-18(12-31-36)33-23-30-13-19(26(27,28)29)22(34-23)20-10-11-37(35-20)24(39)40-25(2,3)4/h5-13,15H,1,14H2,2-4H3,(H,32,38)(H,30,33,34). The third kappa shape index (κ3) is 7.09. The summed E-state index contributed by atoms with van der Waals surface area (Å²) in [4.78, 5) is 31.5. The van der Waals surface area contributed by atoms with Gasteiger partial charge in [-0.15, -0.1) is 0 Å². The van der Waals surface area contributed by atoms with Crippen LogP contribution in [0.5, 0.6) is 0 Å². The van der Waals surface area contributed by atoms with Crippen LogP contribution in [-0.4, -0.2) is 47.1 Å². The van der Waals surface area contributed by atoms with Crippen LogP contribution in [0.2, 0.25) is 0 Å². The summed E-state index contributed by atoms with van der Waals surface area (Å²) in [5.74, 6) is -0.447. The topological polar surface area (TPSA) is 129 Å². The minimum Gasteiger partial charge on any atom is -0.442 e. The van der Waals surface area contributed by atoms with Crippen molar-refractivity contribution >= 4 is 29.3 Å². The lowest BCUT2D eigenvalue weighted by Gasteiger charge is -2.18. The molecule has 40 heavy (non-hydrogen) atoms. The second-order valence-electron chi connectivity index (χ2n) is 9.52. The highest BCUT2D eigenvalue weighted by molar-refractivity contribution is 5.98. The molecule has 2 N–H and O–H groups in total. The molecule has 4 rings (SSSR count). The summed E-state index contributed by atoms with van der Waals surface area (Å²) in [6.45, 7) is 8.76. The lowest BCUT2D eigenvalue weighted by Crippen LogP contribution is -2.27. The van der Waals surface area contributed by atoms with Crippen LogP contribution >= 0.6 is 0 Å². The summed E-state index contributed by atoms with van der Waals surface area (Å²) >= 11 is 0. The van der Waals surface area contributed by atoms with E-state index in [1.807, 2.05) is 12.1 Å². The zero-order valence-corrected chi connectivity index (χ0v) is 21.7. The molecule has 0 bridgehead atoms. The first-order valence-corrected chi connectivity index (χ1v) is 11.9. The minimum atomic E-state index is -4.77. The molecule has 0 aliphatic heterocycles. The van der Waals surface area contributed by atoms with Crippen molar-refractivity contribution < 1.29 is 27.5 Å². The Morgan fingerprint density at radius 1 is 1.07 bits per heavy atom. The second-order valence-corrected chi connectivity index (χ2v) is 9.52. The van der Waals surface area contributed by atoms with Crippen molar-refractivity contribution in [1.29, 1.82) is 0 Å². The summed E-state index contributed by atoms with van der Waals surface area (Å²) < 4.78 is 48.8. The number of benzene rings is 1. The van der Waals surface area contributed by atoms with Crippen LogP contribution in [0.3, 0.4) is 0 Å². The molecule has 1 aromatic carbocycles. The fourth-order valence-electron chi connectivity index (χ4n) is 3.42. The number of halogens is 3. The number of anilines is 3. The van der Waals surface area contributed by atoms with Crippen LogP contribution in [0, 0.1) is 0 Å². The van der Waals surface area contributed by atoms with E-state index in [0.29, 0.717) is 24.1 Å². The number of carbonyl (C=O) groups excluding carboxylic acids is 2. The van der Waals surface area contributed by atoms with Gasteiger partial charge < -0.3 is 15.4 Å². The number of aromatic nitrogens is 6. The number of hydrogen-bond acceptors (Lipinski definition) is 8. The van der Waals surface area contributed by atoms with E-state index in [1.165, 1.54) is 24.5 Å². The smallest absolute Gasteiger partial charge is 0.435 e. The van der Waals surface area contributed by atoms with Crippen LogP contribution in [0.25, 0.3) is 11.4 Å². The normalized spacial score (nSPS) is 11.7. The predicted octanol–water partition coefficient (Wildman–Crippen LogP) is 5.26. The number of nitrogens with one attached hydrogen (secondary N) is 2. The first-order valence-electron chi connectivity index (χ1n) is 11.9. The van der Waals surface area contributed by atoms with Gasteiger partial charge >= 0.3 is 12.3 Å². The number of amides is 1. The predicted molar refractivity (Wildman–Crippen MR) is 140 cm³/mol. The van der Waals surface area contributed by atoms with Crippen LogP contribution < -0.4 is 10.6 Å². The maximum Gasteiger partial charge on any atom is 0.435 e. The van der Waals surface area contributed by atoms with Crippen molar-refractivity contribution in [1.82, 2.24) is 29.5 Å². The Morgan fingerprint density at radius 3 is 2.45 bits per heavy atom. The third-order valence-electron chi connectivity index (χ3n) is 5.15. The SMILES string of the molecule is C=CC(=O)Nc1ccc(Cn2cc(Nc3ncc(C(F)(F)F)c(-c4ccn(C(=O)OC(C)(C)C)n4)n3)cn2)cc1. The number of nitrogens with zero attached hydrogens (tertiary/aromatic N) is 6. The van der Waals surface area contributed by atoms with Crippen molar-refractivity contribution in [3.8, 4) is 11.4 Å². The van der Waals surface area contributed by atoms with Crippen molar-refractivity contribution in [2.45, 2.75) is 39.1 Å². The first kappa shape index (κ1) is 28.0. The summed E-state index contributed by atoms with van der Waals surface area (Å²) in [7, 11) is 0. The van der Waals surface area contributed by atoms with Crippen molar-refractivity contribution in [3.05, 3.63) is 78.9 Å². The van der Waals surface area contributed by atoms with E-state index < -0.39 is 29.1 Å². The Bertz CT molecular complexity index is 1540. The van der Waals surface area contributed by atoms with E-state index >= 15 is 0 Å². The molecule has 3 aromatic heterocycles. The molecule has 0 saturated carbocycles. The van der Waals surface area contributed by atoms with Crippen LogP contribution in [-0.2, 0) is 22.3 Å². The Morgan fingerprint density at radius 2 is 1.80 bits per heavy atom. The van der Waals surface area contributed by atoms with Gasteiger partial charge in [-0.2, -0.15) is 28.1 Å².